The van der Waals surface area contributed by atoms with Gasteiger partial charge >= 0.3 is 0 Å². The van der Waals surface area contributed by atoms with E-state index in [-0.39, 0.29) is 5.91 Å². The van der Waals surface area contributed by atoms with E-state index in [1.54, 1.807) is 0 Å². The molecular formula is C15H19N3O. The number of hydrogen-bond acceptors (Lipinski definition) is 2. The Morgan fingerprint density at radius 2 is 2.16 bits per heavy atom. The molecule has 0 radical (unpaired) electrons. The van der Waals surface area contributed by atoms with Crippen molar-refractivity contribution in [2.24, 2.45) is 0 Å². The van der Waals surface area contributed by atoms with E-state index in [2.05, 4.69) is 15.5 Å². The van der Waals surface area contributed by atoms with Gasteiger partial charge in [0.2, 0.25) is 0 Å². The molecule has 0 atom stereocenters. The molecule has 2 N–H and O–H groups in total. The fourth-order valence-electron chi connectivity index (χ4n) is 2.13. The van der Waals surface area contributed by atoms with Crippen molar-refractivity contribution >= 4 is 5.91 Å². The summed E-state index contributed by atoms with van der Waals surface area (Å²) < 4.78 is 0. The number of aromatic nitrogens is 2. The number of nitrogens with zero attached hydrogens (tertiary/aromatic N) is 1. The molecule has 0 bridgehead atoms. The summed E-state index contributed by atoms with van der Waals surface area (Å²) in [6.45, 7) is 6.68. The van der Waals surface area contributed by atoms with Gasteiger partial charge in [0.25, 0.3) is 5.91 Å². The second kappa shape index (κ2) is 5.69. The molecule has 0 aliphatic carbocycles. The van der Waals surface area contributed by atoms with Crippen LogP contribution in [-0.2, 0) is 0 Å². The van der Waals surface area contributed by atoms with Gasteiger partial charge in [0.1, 0.15) is 0 Å². The molecule has 4 nitrogen and oxygen atoms in total. The molecule has 4 heteroatoms. The van der Waals surface area contributed by atoms with Crippen LogP contribution in [0.1, 0.15) is 35.1 Å². The van der Waals surface area contributed by atoms with Gasteiger partial charge in [-0.15, -0.1) is 0 Å². The average Bonchev–Trinajstić information content (AvgIpc) is 2.75. The van der Waals surface area contributed by atoms with Crippen LogP contribution in [0.5, 0.6) is 0 Å². The molecule has 0 unspecified atom stereocenters. The smallest absolute Gasteiger partial charge is 0.251 e. The summed E-state index contributed by atoms with van der Waals surface area (Å²) in [6.07, 6.45) is 0.936. The zero-order valence-corrected chi connectivity index (χ0v) is 11.6. The highest BCUT2D eigenvalue weighted by atomic mass is 16.1. The number of benzene rings is 1. The molecule has 19 heavy (non-hydrogen) atoms. The summed E-state index contributed by atoms with van der Waals surface area (Å²) in [6, 6.07) is 7.65. The van der Waals surface area contributed by atoms with Gasteiger partial charge in [0.05, 0.1) is 5.69 Å². The maximum atomic E-state index is 12.0. The van der Waals surface area contributed by atoms with Crippen molar-refractivity contribution in [3.8, 4) is 11.1 Å². The molecule has 0 fully saturated rings. The highest BCUT2D eigenvalue weighted by Gasteiger charge is 2.11. The van der Waals surface area contributed by atoms with Gasteiger partial charge in [-0.3, -0.25) is 9.89 Å². The summed E-state index contributed by atoms with van der Waals surface area (Å²) in [5, 5.41) is 10.0. The van der Waals surface area contributed by atoms with Crippen LogP contribution in [0.2, 0.25) is 0 Å². The summed E-state index contributed by atoms with van der Waals surface area (Å²) in [5.41, 5.74) is 4.75. The number of carbonyl (C=O) groups is 1. The topological polar surface area (TPSA) is 57.8 Å². The van der Waals surface area contributed by atoms with Crippen molar-refractivity contribution in [2.75, 3.05) is 6.54 Å². The van der Waals surface area contributed by atoms with Crippen LogP contribution in [0, 0.1) is 13.8 Å². The number of carbonyl (C=O) groups excluding carboxylic acids is 1. The molecule has 0 aliphatic heterocycles. The lowest BCUT2D eigenvalue weighted by Gasteiger charge is -2.06. The van der Waals surface area contributed by atoms with Crippen LogP contribution < -0.4 is 5.32 Å². The van der Waals surface area contributed by atoms with Crippen molar-refractivity contribution in [1.82, 2.24) is 15.5 Å². The van der Waals surface area contributed by atoms with Crippen molar-refractivity contribution in [1.29, 1.82) is 0 Å². The molecule has 0 spiro atoms. The fourth-order valence-corrected chi connectivity index (χ4v) is 2.13. The second-order valence-electron chi connectivity index (χ2n) is 4.65. The molecule has 0 aliphatic rings. The first-order valence-corrected chi connectivity index (χ1v) is 6.53. The minimum absolute atomic E-state index is 0.0255. The third kappa shape index (κ3) is 2.84. The molecule has 1 heterocycles. The highest BCUT2D eigenvalue weighted by molar-refractivity contribution is 5.95. The van der Waals surface area contributed by atoms with Crippen molar-refractivity contribution in [2.45, 2.75) is 27.2 Å². The van der Waals surface area contributed by atoms with Crippen LogP contribution in [0.3, 0.4) is 0 Å². The molecule has 0 saturated heterocycles. The molecule has 1 amide bonds. The number of aryl methyl sites for hydroxylation is 2. The lowest BCUT2D eigenvalue weighted by molar-refractivity contribution is 0.0953. The Kier molecular flexibility index (Phi) is 4.00. The molecule has 100 valence electrons. The molecule has 2 rings (SSSR count). The van der Waals surface area contributed by atoms with Gasteiger partial charge in [0.15, 0.2) is 0 Å². The fraction of sp³-hybridized carbons (Fsp3) is 0.333. The van der Waals surface area contributed by atoms with Crippen LogP contribution in [-0.4, -0.2) is 22.6 Å². The Balaban J connectivity index is 2.32. The standard InChI is InChI=1S/C15H19N3O/c1-4-8-16-15(19)13-7-5-6-12(9-13)14-10(2)17-18-11(14)3/h5-7,9H,4,8H2,1-3H3,(H,16,19)(H,17,18). The monoisotopic (exact) mass is 257 g/mol. The minimum atomic E-state index is -0.0255. The molecule has 1 aromatic carbocycles. The van der Waals surface area contributed by atoms with Gasteiger partial charge in [0, 0.05) is 23.4 Å². The van der Waals surface area contributed by atoms with Crippen LogP contribution in [0.15, 0.2) is 24.3 Å². The SMILES string of the molecule is CCCNC(=O)c1cccc(-c2c(C)n[nH]c2C)c1. The molecule has 2 aromatic rings. The zero-order valence-electron chi connectivity index (χ0n) is 11.6. The van der Waals surface area contributed by atoms with Gasteiger partial charge in [-0.05, 0) is 38.0 Å². The molecule has 0 saturated carbocycles. The number of rotatable bonds is 4. The third-order valence-corrected chi connectivity index (χ3v) is 3.08. The first-order valence-electron chi connectivity index (χ1n) is 6.53. The number of amides is 1. The maximum Gasteiger partial charge on any atom is 0.251 e. The minimum Gasteiger partial charge on any atom is -0.352 e. The van der Waals surface area contributed by atoms with Gasteiger partial charge in [-0.1, -0.05) is 19.1 Å². The van der Waals surface area contributed by atoms with E-state index in [0.717, 1.165) is 28.9 Å². The lowest BCUT2D eigenvalue weighted by Crippen LogP contribution is -2.23. The first-order chi connectivity index (χ1) is 9.13. The van der Waals surface area contributed by atoms with Crippen molar-refractivity contribution in [3.63, 3.8) is 0 Å². The summed E-state index contributed by atoms with van der Waals surface area (Å²) >= 11 is 0. The number of aromatic amines is 1. The Labute approximate surface area is 113 Å². The second-order valence-corrected chi connectivity index (χ2v) is 4.65. The highest BCUT2D eigenvalue weighted by Crippen LogP contribution is 2.25. The number of nitrogens with one attached hydrogen (secondary N) is 2. The van der Waals surface area contributed by atoms with E-state index >= 15 is 0 Å². The van der Waals surface area contributed by atoms with E-state index in [9.17, 15) is 4.79 Å². The maximum absolute atomic E-state index is 12.0. The Morgan fingerprint density at radius 3 is 2.79 bits per heavy atom. The summed E-state index contributed by atoms with van der Waals surface area (Å²) in [4.78, 5) is 12.0. The first kappa shape index (κ1) is 13.3. The number of H-pyrrole nitrogens is 1. The van der Waals surface area contributed by atoms with Crippen molar-refractivity contribution in [3.05, 3.63) is 41.2 Å². The predicted molar refractivity (Wildman–Crippen MR) is 76.1 cm³/mol. The predicted octanol–water partition coefficient (Wildman–Crippen LogP) is 2.83. The van der Waals surface area contributed by atoms with Gasteiger partial charge in [-0.2, -0.15) is 5.10 Å². The summed E-state index contributed by atoms with van der Waals surface area (Å²) in [5.74, 6) is -0.0255. The molecular weight excluding hydrogens is 238 g/mol. The van der Waals surface area contributed by atoms with E-state index in [1.807, 2.05) is 45.0 Å². The van der Waals surface area contributed by atoms with E-state index in [0.29, 0.717) is 12.1 Å². The quantitative estimate of drug-likeness (QED) is 0.884. The van der Waals surface area contributed by atoms with E-state index < -0.39 is 0 Å². The number of hydrogen-bond donors (Lipinski definition) is 2. The normalized spacial score (nSPS) is 10.5. The average molecular weight is 257 g/mol. The van der Waals surface area contributed by atoms with Crippen LogP contribution in [0.4, 0.5) is 0 Å². The van der Waals surface area contributed by atoms with E-state index in [1.165, 1.54) is 0 Å². The van der Waals surface area contributed by atoms with Gasteiger partial charge < -0.3 is 5.32 Å². The van der Waals surface area contributed by atoms with Gasteiger partial charge in [-0.25, -0.2) is 0 Å². The van der Waals surface area contributed by atoms with Crippen LogP contribution >= 0.6 is 0 Å². The third-order valence-electron chi connectivity index (χ3n) is 3.08. The Hall–Kier alpha value is -2.10. The zero-order chi connectivity index (χ0) is 13.8. The van der Waals surface area contributed by atoms with E-state index in [4.69, 9.17) is 0 Å². The molecule has 1 aromatic heterocycles. The van der Waals surface area contributed by atoms with Crippen molar-refractivity contribution < 1.29 is 4.79 Å². The largest absolute Gasteiger partial charge is 0.352 e. The van der Waals surface area contributed by atoms with Crippen LogP contribution in [0.25, 0.3) is 11.1 Å². The Morgan fingerprint density at radius 1 is 1.37 bits per heavy atom. The lowest BCUT2D eigenvalue weighted by atomic mass is 10.0. The summed E-state index contributed by atoms with van der Waals surface area (Å²) in [7, 11) is 0. The Bertz CT molecular complexity index is 567.